The average molecular weight is 320 g/mol. The lowest BCUT2D eigenvalue weighted by Crippen LogP contribution is -2.38. The molecule has 1 fully saturated rings. The van der Waals surface area contributed by atoms with Gasteiger partial charge in [0.1, 0.15) is 0 Å². The van der Waals surface area contributed by atoms with Crippen LogP contribution in [-0.2, 0) is 4.79 Å². The molecular weight excluding hydrogens is 298 g/mol. The molecule has 0 aromatic heterocycles. The van der Waals surface area contributed by atoms with Gasteiger partial charge in [-0.15, -0.1) is 11.6 Å². The SMILES string of the molecule is [N-]=C=N[N+]1=C(C(=O)C2CCC(Cl)CC2)C2=C(CCCC2)CC1. The Bertz CT molecular complexity index is 579. The Labute approximate surface area is 136 Å². The number of rotatable bonds is 3. The van der Waals surface area contributed by atoms with Crippen molar-refractivity contribution >= 4 is 29.1 Å². The molecule has 0 unspecified atom stereocenters. The number of hydrogen-bond acceptors (Lipinski definition) is 2. The molecule has 0 aromatic carbocycles. The molecule has 0 N–H and O–H groups in total. The Balaban J connectivity index is 1.93. The second-order valence-electron chi connectivity index (χ2n) is 6.52. The van der Waals surface area contributed by atoms with E-state index in [0.717, 1.165) is 57.1 Å². The standard InChI is InChI=1S/C17H22ClN3O/c18-14-7-5-13(6-8-14)17(22)16-15-4-2-1-3-12(15)9-10-21(16)20-11-19/h13-14H,1-10H2. The lowest BCUT2D eigenvalue weighted by molar-refractivity contribution is -0.532. The van der Waals surface area contributed by atoms with Gasteiger partial charge in [-0.1, -0.05) is 11.6 Å². The minimum atomic E-state index is 0.0511. The van der Waals surface area contributed by atoms with E-state index in [0.29, 0.717) is 6.54 Å². The maximum Gasteiger partial charge on any atom is 0.259 e. The fourth-order valence-corrected chi connectivity index (χ4v) is 4.23. The Morgan fingerprint density at radius 1 is 1.18 bits per heavy atom. The summed E-state index contributed by atoms with van der Waals surface area (Å²) in [5.41, 5.74) is 3.33. The van der Waals surface area contributed by atoms with E-state index in [9.17, 15) is 4.79 Å². The predicted molar refractivity (Wildman–Crippen MR) is 87.6 cm³/mol. The van der Waals surface area contributed by atoms with E-state index in [4.69, 9.17) is 17.0 Å². The van der Waals surface area contributed by atoms with E-state index >= 15 is 0 Å². The second kappa shape index (κ2) is 6.89. The predicted octanol–water partition coefficient (Wildman–Crippen LogP) is 3.74. The first-order valence-corrected chi connectivity index (χ1v) is 8.78. The normalized spacial score (nSPS) is 29.0. The van der Waals surface area contributed by atoms with Crippen LogP contribution >= 0.6 is 11.6 Å². The summed E-state index contributed by atoms with van der Waals surface area (Å²) in [5, 5.41) is 13.1. The fourth-order valence-electron chi connectivity index (χ4n) is 3.98. The van der Waals surface area contributed by atoms with Crippen LogP contribution in [0.15, 0.2) is 16.2 Å². The maximum atomic E-state index is 13.1. The minimum Gasteiger partial charge on any atom is -0.418 e. The van der Waals surface area contributed by atoms with Crippen LogP contribution in [0.3, 0.4) is 0 Å². The van der Waals surface area contributed by atoms with Crippen LogP contribution in [0.1, 0.15) is 57.8 Å². The first-order valence-electron chi connectivity index (χ1n) is 8.34. The lowest BCUT2D eigenvalue weighted by Gasteiger charge is -2.28. The number of allylic oxidation sites excluding steroid dienone is 1. The van der Waals surface area contributed by atoms with Crippen LogP contribution in [0.2, 0.25) is 0 Å². The Morgan fingerprint density at radius 2 is 1.91 bits per heavy atom. The highest BCUT2D eigenvalue weighted by molar-refractivity contribution is 6.45. The quantitative estimate of drug-likeness (QED) is 0.444. The summed E-state index contributed by atoms with van der Waals surface area (Å²) in [5.74, 6) is 0.242. The van der Waals surface area contributed by atoms with Gasteiger partial charge in [0.05, 0.1) is 0 Å². The van der Waals surface area contributed by atoms with Gasteiger partial charge < -0.3 is 5.41 Å². The molecule has 0 spiro atoms. The van der Waals surface area contributed by atoms with Crippen LogP contribution in [0, 0.1) is 5.92 Å². The molecule has 5 heteroatoms. The maximum absolute atomic E-state index is 13.1. The summed E-state index contributed by atoms with van der Waals surface area (Å²) in [7, 11) is 0. The molecule has 4 nitrogen and oxygen atoms in total. The highest BCUT2D eigenvalue weighted by Crippen LogP contribution is 2.34. The van der Waals surface area contributed by atoms with Crippen molar-refractivity contribution < 1.29 is 9.48 Å². The summed E-state index contributed by atoms with van der Waals surface area (Å²) in [6.45, 7) is 0.665. The third-order valence-corrected chi connectivity index (χ3v) is 5.61. The van der Waals surface area contributed by atoms with Gasteiger partial charge in [-0.3, -0.25) is 4.79 Å². The van der Waals surface area contributed by atoms with Gasteiger partial charge in [0.15, 0.2) is 6.54 Å². The molecule has 0 radical (unpaired) electrons. The summed E-state index contributed by atoms with van der Waals surface area (Å²) in [6.07, 6.45) is 8.88. The largest absolute Gasteiger partial charge is 0.418 e. The molecule has 0 atom stereocenters. The first kappa shape index (κ1) is 15.6. The molecule has 1 heterocycles. The molecule has 3 aliphatic rings. The summed E-state index contributed by atoms with van der Waals surface area (Å²) >= 11 is 6.16. The van der Waals surface area contributed by atoms with E-state index in [1.54, 1.807) is 4.68 Å². The zero-order chi connectivity index (χ0) is 15.5. The fraction of sp³-hybridized carbons (Fsp3) is 0.706. The lowest BCUT2D eigenvalue weighted by atomic mass is 9.78. The number of halogens is 1. The summed E-state index contributed by atoms with van der Waals surface area (Å²) in [4.78, 5) is 13.1. The molecule has 118 valence electrons. The second-order valence-corrected chi connectivity index (χ2v) is 7.14. The molecule has 22 heavy (non-hydrogen) atoms. The third-order valence-electron chi connectivity index (χ3n) is 5.18. The van der Waals surface area contributed by atoms with E-state index < -0.39 is 0 Å². The van der Waals surface area contributed by atoms with E-state index in [-0.39, 0.29) is 17.1 Å². The van der Waals surface area contributed by atoms with Crippen molar-refractivity contribution in [2.75, 3.05) is 6.54 Å². The molecule has 0 bridgehead atoms. The topological polar surface area (TPSA) is 54.7 Å². The Hall–Kier alpha value is -1.25. The number of hydrazone groups is 1. The highest BCUT2D eigenvalue weighted by Gasteiger charge is 2.38. The number of hydrogen-bond donors (Lipinski definition) is 0. The summed E-state index contributed by atoms with van der Waals surface area (Å²) in [6, 6.07) is 1.86. The molecule has 1 aliphatic heterocycles. The smallest absolute Gasteiger partial charge is 0.259 e. The number of ketones is 1. The minimum absolute atomic E-state index is 0.0511. The summed E-state index contributed by atoms with van der Waals surface area (Å²) < 4.78 is 1.67. The van der Waals surface area contributed by atoms with Gasteiger partial charge in [-0.25, -0.2) is 0 Å². The Kier molecular flexibility index (Phi) is 4.90. The molecule has 2 aliphatic carbocycles. The molecule has 3 rings (SSSR count). The van der Waals surface area contributed by atoms with Crippen LogP contribution < -0.4 is 0 Å². The third kappa shape index (κ3) is 3.09. The van der Waals surface area contributed by atoms with Crippen LogP contribution in [0.25, 0.3) is 5.41 Å². The molecule has 0 aromatic rings. The van der Waals surface area contributed by atoms with Gasteiger partial charge >= 0.3 is 0 Å². The van der Waals surface area contributed by atoms with Crippen molar-refractivity contribution in [3.63, 3.8) is 0 Å². The van der Waals surface area contributed by atoms with Gasteiger partial charge in [0.25, 0.3) is 5.71 Å². The van der Waals surface area contributed by atoms with Gasteiger partial charge in [0.2, 0.25) is 5.78 Å². The molecule has 1 saturated carbocycles. The number of Topliss-reactive ketones (excluding diaryl/α,β-unsaturated/α-hetero) is 1. The van der Waals surface area contributed by atoms with E-state index in [1.165, 1.54) is 17.6 Å². The first-order chi connectivity index (χ1) is 10.7. The number of carbonyl (C=O) groups excluding carboxylic acids is 1. The number of nitrogens with zero attached hydrogens (tertiary/aromatic N) is 3. The molecule has 0 saturated heterocycles. The van der Waals surface area contributed by atoms with Gasteiger partial charge in [-0.05, 0) is 51.4 Å². The zero-order valence-electron chi connectivity index (χ0n) is 12.9. The van der Waals surface area contributed by atoms with E-state index in [2.05, 4.69) is 5.10 Å². The van der Waals surface area contributed by atoms with Crippen molar-refractivity contribution in [3.05, 3.63) is 16.6 Å². The Morgan fingerprint density at radius 3 is 2.64 bits per heavy atom. The van der Waals surface area contributed by atoms with Gasteiger partial charge in [-0.2, -0.15) is 9.79 Å². The molecule has 0 amide bonds. The van der Waals surface area contributed by atoms with Crippen molar-refractivity contribution in [1.82, 2.24) is 0 Å². The van der Waals surface area contributed by atoms with Crippen molar-refractivity contribution in [3.8, 4) is 0 Å². The molecular formula is C17H22ClN3O. The number of carbonyl (C=O) groups is 1. The zero-order valence-corrected chi connectivity index (χ0v) is 13.6. The highest BCUT2D eigenvalue weighted by atomic mass is 35.5. The van der Waals surface area contributed by atoms with Crippen molar-refractivity contribution in [2.45, 2.75) is 63.2 Å². The van der Waals surface area contributed by atoms with Crippen molar-refractivity contribution in [1.29, 1.82) is 0 Å². The number of alkyl halides is 1. The monoisotopic (exact) mass is 319 g/mol. The van der Waals surface area contributed by atoms with E-state index in [1.807, 2.05) is 6.01 Å². The van der Waals surface area contributed by atoms with Gasteiger partial charge in [0, 0.05) is 23.3 Å². The van der Waals surface area contributed by atoms with Crippen LogP contribution in [0.4, 0.5) is 0 Å². The van der Waals surface area contributed by atoms with Crippen molar-refractivity contribution in [2.24, 2.45) is 11.0 Å². The van der Waals surface area contributed by atoms with Crippen LogP contribution in [-0.4, -0.2) is 34.1 Å². The van der Waals surface area contributed by atoms with Crippen LogP contribution in [0.5, 0.6) is 0 Å². The average Bonchev–Trinajstić information content (AvgIpc) is 2.55.